The summed E-state index contributed by atoms with van der Waals surface area (Å²) in [4.78, 5) is 5.09. The zero-order valence-corrected chi connectivity index (χ0v) is 25.0. The van der Waals surface area contributed by atoms with Crippen molar-refractivity contribution < 1.29 is 23.5 Å². The van der Waals surface area contributed by atoms with E-state index in [2.05, 4.69) is 100 Å². The number of nitrogens with zero attached hydrogens (tertiary/aromatic N) is 5. The molecule has 0 saturated carbocycles. The van der Waals surface area contributed by atoms with Crippen LogP contribution in [0.1, 0.15) is 24.4 Å². The van der Waals surface area contributed by atoms with Gasteiger partial charge in [0.2, 0.25) is 5.52 Å². The first-order chi connectivity index (χ1) is 20.1. The predicted octanol–water partition coefficient (Wildman–Crippen LogP) is 5.89. The van der Waals surface area contributed by atoms with Crippen LogP contribution in [0.25, 0.3) is 26.7 Å². The third-order valence-electron chi connectivity index (χ3n) is 7.05. The van der Waals surface area contributed by atoms with Crippen molar-refractivity contribution in [3.8, 4) is 0 Å². The van der Waals surface area contributed by atoms with Gasteiger partial charge in [0.1, 0.15) is 11.3 Å². The van der Waals surface area contributed by atoms with Crippen molar-refractivity contribution >= 4 is 33.3 Å². The lowest BCUT2D eigenvalue weighted by Crippen LogP contribution is -2.37. The van der Waals surface area contributed by atoms with E-state index in [-0.39, 0.29) is 5.41 Å². The number of methoxy groups -OCH3 is 1. The van der Waals surface area contributed by atoms with Crippen molar-refractivity contribution in [2.45, 2.75) is 25.8 Å². The Kier molecular flexibility index (Phi) is 11.7. The number of rotatable bonds is 17. The van der Waals surface area contributed by atoms with Crippen molar-refractivity contribution in [1.82, 2.24) is 0 Å². The molecule has 1 aliphatic heterocycles. The van der Waals surface area contributed by atoms with Gasteiger partial charge in [0, 0.05) is 54.1 Å². The minimum Gasteiger partial charge on any atom is -0.382 e. The molecule has 1 aromatic heterocycles. The van der Waals surface area contributed by atoms with Gasteiger partial charge in [-0.25, -0.2) is 0 Å². The summed E-state index contributed by atoms with van der Waals surface area (Å²) < 4.78 is 25.8. The van der Waals surface area contributed by atoms with Crippen molar-refractivity contribution in [2.24, 2.45) is 5.11 Å². The monoisotopic (exact) mass is 578 g/mol. The summed E-state index contributed by atoms with van der Waals surface area (Å²) in [6, 6.07) is 17.1. The minimum absolute atomic E-state index is 0.142. The molecule has 3 aromatic rings. The van der Waals surface area contributed by atoms with Crippen LogP contribution in [0.2, 0.25) is 0 Å². The third-order valence-corrected chi connectivity index (χ3v) is 8.18. The second-order valence-electron chi connectivity index (χ2n) is 10.0. The van der Waals surface area contributed by atoms with Crippen molar-refractivity contribution in [2.75, 3.05) is 71.3 Å². The number of allylic oxidation sites excluding steroid dienone is 3. The van der Waals surface area contributed by atoms with Gasteiger partial charge >= 0.3 is 0 Å². The van der Waals surface area contributed by atoms with E-state index in [1.54, 1.807) is 18.4 Å². The number of para-hydroxylation sites is 2. The fourth-order valence-electron chi connectivity index (χ4n) is 5.04. The van der Waals surface area contributed by atoms with Gasteiger partial charge in [-0.3, -0.25) is 0 Å². The minimum atomic E-state index is -0.142. The average molecular weight is 579 g/mol. The smallest absolute Gasteiger partial charge is 0.262 e. The summed E-state index contributed by atoms with van der Waals surface area (Å²) in [5, 5.41) is 4.65. The van der Waals surface area contributed by atoms with E-state index in [1.165, 1.54) is 32.2 Å². The highest BCUT2D eigenvalue weighted by Crippen LogP contribution is 2.47. The van der Waals surface area contributed by atoms with Gasteiger partial charge in [-0.15, -0.1) is 0 Å². The van der Waals surface area contributed by atoms with Gasteiger partial charge in [-0.05, 0) is 29.3 Å². The van der Waals surface area contributed by atoms with Crippen molar-refractivity contribution in [3.05, 3.63) is 87.4 Å². The van der Waals surface area contributed by atoms with Crippen molar-refractivity contribution in [1.29, 1.82) is 0 Å². The number of hydrogen-bond acceptors (Lipinski definition) is 7. The van der Waals surface area contributed by atoms with E-state index in [0.29, 0.717) is 52.8 Å². The number of fused-ring (bicyclic) bond motifs is 2. The highest BCUT2D eigenvalue weighted by Gasteiger charge is 2.39. The molecule has 0 aliphatic carbocycles. The first kappa shape index (κ1) is 30.7. The summed E-state index contributed by atoms with van der Waals surface area (Å²) in [6.07, 6.45) is 6.61. The molecule has 0 atom stereocenters. The molecule has 0 N–H and O–H groups in total. The Morgan fingerprint density at radius 3 is 2.51 bits per heavy atom. The molecular weight excluding hydrogens is 538 g/mol. The largest absolute Gasteiger partial charge is 0.382 e. The fourth-order valence-corrected chi connectivity index (χ4v) is 6.14. The Balaban J connectivity index is 1.47. The summed E-state index contributed by atoms with van der Waals surface area (Å²) in [5.41, 5.74) is 13.2. The molecule has 9 nitrogen and oxygen atoms in total. The molecule has 4 rings (SSSR count). The summed E-state index contributed by atoms with van der Waals surface area (Å²) in [5.74, 6) is 0. The Morgan fingerprint density at radius 1 is 0.951 bits per heavy atom. The molecule has 0 radical (unpaired) electrons. The van der Waals surface area contributed by atoms with E-state index in [1.807, 2.05) is 0 Å². The number of anilines is 1. The molecule has 0 spiro atoms. The topological polar surface area (TPSA) is 92.8 Å². The zero-order chi connectivity index (χ0) is 28.9. The fraction of sp³-hybridized carbons (Fsp3) is 0.452. The SMILES string of the molecule is COCCOCC[n+]1c(/C=C/C=C2/N(CCOCCOCCN=[N+]=[N-])c3ccccc3C2(C)C)sc2ccccc21. The molecule has 0 saturated heterocycles. The van der Waals surface area contributed by atoms with Gasteiger partial charge in [0.15, 0.2) is 6.54 Å². The Morgan fingerprint density at radius 2 is 1.68 bits per heavy atom. The van der Waals surface area contributed by atoms with Crippen LogP contribution >= 0.6 is 11.3 Å². The number of thiazole rings is 1. The lowest BCUT2D eigenvalue weighted by atomic mass is 9.84. The van der Waals surface area contributed by atoms with E-state index < -0.39 is 0 Å². The standard InChI is InChI=1S/C31H40N5O4S/c1-31(2)25-9-4-5-10-26(25)35(16-19-40-24-23-38-18-15-33-34-32)29(31)13-8-14-30-36(17-20-39-22-21-37-3)27-11-6-7-12-28(27)41-30/h4-14H,15-24H2,1-3H3/q+1. The highest BCUT2D eigenvalue weighted by atomic mass is 32.1. The molecule has 1 aliphatic rings. The number of benzene rings is 2. The lowest BCUT2D eigenvalue weighted by Gasteiger charge is -2.27. The quantitative estimate of drug-likeness (QED) is 0.0655. The number of hydrogen-bond donors (Lipinski definition) is 0. The average Bonchev–Trinajstić information content (AvgIpc) is 3.43. The maximum absolute atomic E-state index is 8.34. The maximum atomic E-state index is 8.34. The molecule has 41 heavy (non-hydrogen) atoms. The van der Waals surface area contributed by atoms with E-state index in [0.717, 1.165) is 13.1 Å². The number of ether oxygens (including phenoxy) is 4. The van der Waals surface area contributed by atoms with Crippen LogP contribution in [-0.4, -0.2) is 66.4 Å². The Bertz CT molecular complexity index is 1380. The summed E-state index contributed by atoms with van der Waals surface area (Å²) in [6.45, 7) is 10.2. The van der Waals surface area contributed by atoms with Crippen LogP contribution in [0.15, 0.2) is 71.5 Å². The first-order valence-electron chi connectivity index (χ1n) is 14.0. The second-order valence-corrected chi connectivity index (χ2v) is 11.1. The van der Waals surface area contributed by atoms with Crippen molar-refractivity contribution in [3.63, 3.8) is 0 Å². The molecule has 2 aromatic carbocycles. The van der Waals surface area contributed by atoms with Gasteiger partial charge < -0.3 is 23.8 Å². The maximum Gasteiger partial charge on any atom is 0.262 e. The number of aromatic nitrogens is 1. The molecule has 2 heterocycles. The number of azide groups is 1. The van der Waals surface area contributed by atoms with E-state index in [9.17, 15) is 0 Å². The van der Waals surface area contributed by atoms with Gasteiger partial charge in [-0.2, -0.15) is 4.57 Å². The predicted molar refractivity (Wildman–Crippen MR) is 164 cm³/mol. The normalized spacial score (nSPS) is 15.2. The lowest BCUT2D eigenvalue weighted by molar-refractivity contribution is -0.670. The van der Waals surface area contributed by atoms with E-state index in [4.69, 9.17) is 24.5 Å². The molecule has 218 valence electrons. The zero-order valence-electron chi connectivity index (χ0n) is 24.2. The second kappa shape index (κ2) is 15.7. The molecular formula is C31H40N5O4S+. The van der Waals surface area contributed by atoms with Crippen LogP contribution in [0, 0.1) is 0 Å². The highest BCUT2D eigenvalue weighted by molar-refractivity contribution is 7.18. The molecule has 0 unspecified atom stereocenters. The van der Waals surface area contributed by atoms with Gasteiger partial charge in [-0.1, -0.05) is 66.7 Å². The summed E-state index contributed by atoms with van der Waals surface area (Å²) in [7, 11) is 1.69. The van der Waals surface area contributed by atoms with Crippen LogP contribution in [0.5, 0.6) is 0 Å². The summed E-state index contributed by atoms with van der Waals surface area (Å²) >= 11 is 1.79. The molecule has 0 amide bonds. The van der Waals surface area contributed by atoms with Crippen LogP contribution < -0.4 is 9.47 Å². The molecule has 0 bridgehead atoms. The molecule has 0 fully saturated rings. The Labute approximate surface area is 246 Å². The van der Waals surface area contributed by atoms with Crippen LogP contribution in [0.3, 0.4) is 0 Å². The van der Waals surface area contributed by atoms with Crippen LogP contribution in [-0.2, 0) is 30.9 Å². The van der Waals surface area contributed by atoms with Crippen LogP contribution in [0.4, 0.5) is 5.69 Å². The van der Waals surface area contributed by atoms with E-state index >= 15 is 0 Å². The molecule has 10 heteroatoms. The van der Waals surface area contributed by atoms with Gasteiger partial charge in [0.25, 0.3) is 5.01 Å². The first-order valence-corrected chi connectivity index (χ1v) is 14.8. The van der Waals surface area contributed by atoms with Gasteiger partial charge in [0.05, 0.1) is 39.6 Å². The third kappa shape index (κ3) is 7.95. The Hall–Kier alpha value is -3.24.